The average Bonchev–Trinajstić information content (AvgIpc) is 2.28. The van der Waals surface area contributed by atoms with E-state index < -0.39 is 5.60 Å². The standard InChI is InChI=1S/C13H20BrN3O2/c1-13(2,3)19-12(18)17-9-5-8-15-10-6-4-7-16-11(10)14/h4,6-7,15H,5,8-9H2,1-3H3,(H,17,18). The van der Waals surface area contributed by atoms with Gasteiger partial charge in [-0.15, -0.1) is 0 Å². The van der Waals surface area contributed by atoms with Crippen molar-refractivity contribution in [2.24, 2.45) is 0 Å². The van der Waals surface area contributed by atoms with Crippen LogP contribution in [0.1, 0.15) is 27.2 Å². The Morgan fingerprint density at radius 2 is 2.16 bits per heavy atom. The zero-order valence-electron chi connectivity index (χ0n) is 11.5. The Labute approximate surface area is 122 Å². The Hall–Kier alpha value is -1.30. The van der Waals surface area contributed by atoms with Crippen LogP contribution in [0.2, 0.25) is 0 Å². The van der Waals surface area contributed by atoms with E-state index in [1.54, 1.807) is 6.20 Å². The van der Waals surface area contributed by atoms with Gasteiger partial charge in [0.15, 0.2) is 0 Å². The molecule has 1 heterocycles. The molecule has 0 unspecified atom stereocenters. The number of carbonyl (C=O) groups is 1. The van der Waals surface area contributed by atoms with Gasteiger partial charge in [0.2, 0.25) is 0 Å². The Morgan fingerprint density at radius 3 is 2.79 bits per heavy atom. The number of nitrogens with one attached hydrogen (secondary N) is 2. The van der Waals surface area contributed by atoms with E-state index in [2.05, 4.69) is 31.5 Å². The highest BCUT2D eigenvalue weighted by Crippen LogP contribution is 2.17. The number of nitrogens with zero attached hydrogens (tertiary/aromatic N) is 1. The zero-order valence-corrected chi connectivity index (χ0v) is 13.1. The Balaban J connectivity index is 2.15. The Kier molecular flexibility index (Phi) is 6.08. The number of amides is 1. The number of hydrogen-bond acceptors (Lipinski definition) is 4. The molecular weight excluding hydrogens is 310 g/mol. The topological polar surface area (TPSA) is 63.2 Å². The molecular formula is C13H20BrN3O2. The van der Waals surface area contributed by atoms with Crippen molar-refractivity contribution < 1.29 is 9.53 Å². The van der Waals surface area contributed by atoms with Crippen molar-refractivity contribution in [2.75, 3.05) is 18.4 Å². The molecule has 1 aromatic heterocycles. The van der Waals surface area contributed by atoms with Gasteiger partial charge in [-0.25, -0.2) is 9.78 Å². The maximum atomic E-state index is 11.4. The number of anilines is 1. The summed E-state index contributed by atoms with van der Waals surface area (Å²) in [5, 5.41) is 5.95. The second-order valence-corrected chi connectivity index (χ2v) is 5.80. The fraction of sp³-hybridized carbons (Fsp3) is 0.538. The van der Waals surface area contributed by atoms with E-state index in [0.717, 1.165) is 23.3 Å². The molecule has 5 nitrogen and oxygen atoms in total. The molecule has 0 saturated carbocycles. The normalized spacial score (nSPS) is 10.9. The molecule has 0 atom stereocenters. The van der Waals surface area contributed by atoms with Gasteiger partial charge in [0, 0.05) is 19.3 Å². The first kappa shape index (κ1) is 15.8. The van der Waals surface area contributed by atoms with E-state index in [4.69, 9.17) is 4.74 Å². The smallest absolute Gasteiger partial charge is 0.407 e. The van der Waals surface area contributed by atoms with Crippen LogP contribution in [0.3, 0.4) is 0 Å². The van der Waals surface area contributed by atoms with Gasteiger partial charge in [0.1, 0.15) is 10.2 Å². The van der Waals surface area contributed by atoms with E-state index in [0.29, 0.717) is 6.54 Å². The van der Waals surface area contributed by atoms with Crippen LogP contribution in [-0.4, -0.2) is 29.8 Å². The molecule has 2 N–H and O–H groups in total. The van der Waals surface area contributed by atoms with Crippen LogP contribution < -0.4 is 10.6 Å². The number of alkyl carbamates (subject to hydrolysis) is 1. The minimum atomic E-state index is -0.455. The molecule has 1 rings (SSSR count). The molecule has 1 aromatic rings. The molecule has 0 bridgehead atoms. The fourth-order valence-electron chi connectivity index (χ4n) is 1.33. The van der Waals surface area contributed by atoms with Gasteiger partial charge in [-0.1, -0.05) is 0 Å². The van der Waals surface area contributed by atoms with E-state index in [1.165, 1.54) is 0 Å². The molecule has 0 aromatic carbocycles. The second-order valence-electron chi connectivity index (χ2n) is 5.05. The van der Waals surface area contributed by atoms with Crippen LogP contribution in [0.4, 0.5) is 10.5 Å². The third-order valence-electron chi connectivity index (χ3n) is 2.10. The Bertz CT molecular complexity index is 419. The van der Waals surface area contributed by atoms with Crippen molar-refractivity contribution in [2.45, 2.75) is 32.8 Å². The van der Waals surface area contributed by atoms with Crippen LogP contribution in [-0.2, 0) is 4.74 Å². The highest BCUT2D eigenvalue weighted by Gasteiger charge is 2.15. The molecule has 0 aliphatic carbocycles. The number of halogens is 1. The van der Waals surface area contributed by atoms with Crippen LogP contribution in [0.15, 0.2) is 22.9 Å². The van der Waals surface area contributed by atoms with Gasteiger partial charge >= 0.3 is 6.09 Å². The van der Waals surface area contributed by atoms with Crippen LogP contribution in [0.5, 0.6) is 0 Å². The third kappa shape index (κ3) is 7.00. The molecule has 0 saturated heterocycles. The molecule has 0 fully saturated rings. The summed E-state index contributed by atoms with van der Waals surface area (Å²) in [6.07, 6.45) is 2.15. The lowest BCUT2D eigenvalue weighted by Gasteiger charge is -2.19. The van der Waals surface area contributed by atoms with Crippen molar-refractivity contribution in [3.05, 3.63) is 22.9 Å². The lowest BCUT2D eigenvalue weighted by molar-refractivity contribution is 0.0528. The monoisotopic (exact) mass is 329 g/mol. The summed E-state index contributed by atoms with van der Waals surface area (Å²) < 4.78 is 5.92. The van der Waals surface area contributed by atoms with Crippen molar-refractivity contribution in [1.29, 1.82) is 0 Å². The lowest BCUT2D eigenvalue weighted by Crippen LogP contribution is -2.33. The van der Waals surface area contributed by atoms with Gasteiger partial charge in [-0.3, -0.25) is 0 Å². The molecule has 19 heavy (non-hydrogen) atoms. The predicted molar refractivity (Wildman–Crippen MR) is 79.3 cm³/mol. The first-order valence-corrected chi connectivity index (χ1v) is 6.99. The van der Waals surface area contributed by atoms with Gasteiger partial charge in [0.25, 0.3) is 0 Å². The van der Waals surface area contributed by atoms with Crippen LogP contribution in [0, 0.1) is 0 Å². The summed E-state index contributed by atoms with van der Waals surface area (Å²) >= 11 is 3.36. The predicted octanol–water partition coefficient (Wildman–Crippen LogP) is 3.17. The SMILES string of the molecule is CC(C)(C)OC(=O)NCCCNc1cccnc1Br. The number of carbonyl (C=O) groups excluding carboxylic acids is 1. The van der Waals surface area contributed by atoms with E-state index in [-0.39, 0.29) is 6.09 Å². The quantitative estimate of drug-likeness (QED) is 0.643. The van der Waals surface area contributed by atoms with Crippen molar-refractivity contribution in [1.82, 2.24) is 10.3 Å². The summed E-state index contributed by atoms with van der Waals surface area (Å²) in [6, 6.07) is 3.81. The van der Waals surface area contributed by atoms with Crippen LogP contribution >= 0.6 is 15.9 Å². The molecule has 0 radical (unpaired) electrons. The van der Waals surface area contributed by atoms with Crippen molar-refractivity contribution >= 4 is 27.7 Å². The maximum Gasteiger partial charge on any atom is 0.407 e. The first-order chi connectivity index (χ1) is 8.88. The largest absolute Gasteiger partial charge is 0.444 e. The summed E-state index contributed by atoms with van der Waals surface area (Å²) in [6.45, 7) is 6.84. The molecule has 1 amide bonds. The summed E-state index contributed by atoms with van der Waals surface area (Å²) in [7, 11) is 0. The van der Waals surface area contributed by atoms with Gasteiger partial charge in [-0.2, -0.15) is 0 Å². The summed E-state index contributed by atoms with van der Waals surface area (Å²) in [5.41, 5.74) is 0.489. The van der Waals surface area contributed by atoms with Gasteiger partial charge in [-0.05, 0) is 55.3 Å². The first-order valence-electron chi connectivity index (χ1n) is 6.20. The molecule has 6 heteroatoms. The number of pyridine rings is 1. The van der Waals surface area contributed by atoms with Crippen molar-refractivity contribution in [3.63, 3.8) is 0 Å². The van der Waals surface area contributed by atoms with E-state index >= 15 is 0 Å². The third-order valence-corrected chi connectivity index (χ3v) is 2.73. The van der Waals surface area contributed by atoms with E-state index in [1.807, 2.05) is 32.9 Å². The number of hydrogen-bond donors (Lipinski definition) is 2. The van der Waals surface area contributed by atoms with Crippen LogP contribution in [0.25, 0.3) is 0 Å². The fourth-order valence-corrected chi connectivity index (χ4v) is 1.72. The molecule has 0 spiro atoms. The van der Waals surface area contributed by atoms with E-state index in [9.17, 15) is 4.79 Å². The number of aromatic nitrogens is 1. The molecule has 0 aliphatic rings. The number of ether oxygens (including phenoxy) is 1. The minimum absolute atomic E-state index is 0.380. The van der Waals surface area contributed by atoms with Gasteiger partial charge in [0.05, 0.1) is 5.69 Å². The second kappa shape index (κ2) is 7.33. The molecule has 0 aliphatic heterocycles. The van der Waals surface area contributed by atoms with Gasteiger partial charge < -0.3 is 15.4 Å². The zero-order chi connectivity index (χ0) is 14.3. The minimum Gasteiger partial charge on any atom is -0.444 e. The lowest BCUT2D eigenvalue weighted by atomic mass is 10.2. The average molecular weight is 330 g/mol. The molecule has 106 valence electrons. The highest BCUT2D eigenvalue weighted by atomic mass is 79.9. The number of rotatable bonds is 5. The highest BCUT2D eigenvalue weighted by molar-refractivity contribution is 9.10. The Morgan fingerprint density at radius 1 is 1.42 bits per heavy atom. The summed E-state index contributed by atoms with van der Waals surface area (Å²) in [5.74, 6) is 0. The van der Waals surface area contributed by atoms with Crippen molar-refractivity contribution in [3.8, 4) is 0 Å². The maximum absolute atomic E-state index is 11.4. The summed E-state index contributed by atoms with van der Waals surface area (Å²) in [4.78, 5) is 15.5.